The van der Waals surface area contributed by atoms with Crippen LogP contribution in [0.15, 0.2) is 18.2 Å². The summed E-state index contributed by atoms with van der Waals surface area (Å²) in [5.74, 6) is 0.465. The van der Waals surface area contributed by atoms with Gasteiger partial charge < -0.3 is 14.5 Å². The second kappa shape index (κ2) is 10.7. The molecule has 0 bridgehead atoms. The fourth-order valence-corrected chi connectivity index (χ4v) is 5.29. The minimum atomic E-state index is -0.116. The predicted molar refractivity (Wildman–Crippen MR) is 125 cm³/mol. The van der Waals surface area contributed by atoms with Crippen molar-refractivity contribution in [2.75, 3.05) is 45.2 Å². The fourth-order valence-electron chi connectivity index (χ4n) is 5.29. The highest BCUT2D eigenvalue weighted by Crippen LogP contribution is 2.33. The van der Waals surface area contributed by atoms with Gasteiger partial charge in [-0.25, -0.2) is 4.79 Å². The van der Waals surface area contributed by atoms with Crippen LogP contribution in [-0.4, -0.2) is 68.2 Å². The van der Waals surface area contributed by atoms with Gasteiger partial charge in [-0.15, -0.1) is 12.4 Å². The highest BCUT2D eigenvalue weighted by molar-refractivity contribution is 5.94. The van der Waals surface area contributed by atoms with Crippen molar-refractivity contribution in [1.29, 1.82) is 0 Å². The number of halogens is 1. The van der Waals surface area contributed by atoms with Gasteiger partial charge in [-0.2, -0.15) is 0 Å². The van der Waals surface area contributed by atoms with Gasteiger partial charge in [0.1, 0.15) is 0 Å². The molecule has 31 heavy (non-hydrogen) atoms. The molecule has 3 aliphatic rings. The lowest BCUT2D eigenvalue weighted by atomic mass is 9.83. The monoisotopic (exact) mass is 449 g/mol. The van der Waals surface area contributed by atoms with Gasteiger partial charge in [0.05, 0.1) is 7.11 Å². The van der Waals surface area contributed by atoms with Crippen LogP contribution in [0.2, 0.25) is 0 Å². The number of likely N-dealkylation sites (N-methyl/N-ethyl adjacent to an activating group) is 1. The lowest BCUT2D eigenvalue weighted by Crippen LogP contribution is -2.41. The van der Waals surface area contributed by atoms with Crippen molar-refractivity contribution in [2.24, 2.45) is 5.92 Å². The Bertz CT molecular complexity index is 779. The largest absolute Gasteiger partial charge is 0.469 e. The van der Waals surface area contributed by atoms with Gasteiger partial charge in [0.15, 0.2) is 0 Å². The minimum Gasteiger partial charge on any atom is -0.469 e. The molecular formula is C24H36ClN3O3. The average molecular weight is 450 g/mol. The molecule has 0 radical (unpaired) electrons. The molecule has 0 spiro atoms. The van der Waals surface area contributed by atoms with Gasteiger partial charge in [-0.3, -0.25) is 9.69 Å². The molecule has 6 nitrogen and oxygen atoms in total. The van der Waals surface area contributed by atoms with Gasteiger partial charge in [0.25, 0.3) is 0 Å². The number of hydrogen-bond donors (Lipinski definition) is 0. The number of nitrogens with zero attached hydrogens (tertiary/aromatic N) is 3. The molecule has 1 saturated carbocycles. The summed E-state index contributed by atoms with van der Waals surface area (Å²) >= 11 is 0. The van der Waals surface area contributed by atoms with E-state index in [1.807, 2.05) is 4.90 Å². The fraction of sp³-hybridized carbons (Fsp3) is 0.667. The molecule has 0 atom stereocenters. The summed E-state index contributed by atoms with van der Waals surface area (Å²) in [6, 6.07) is 7.12. The SMILES string of the molecule is COC(=O)CCC1CCC(N2CCN(c3ccc4c(c3)CCN(C)CC4)C2=O)CC1.Cl. The van der Waals surface area contributed by atoms with Crippen LogP contribution in [0.4, 0.5) is 10.5 Å². The molecule has 172 valence electrons. The summed E-state index contributed by atoms with van der Waals surface area (Å²) in [6.45, 7) is 3.77. The van der Waals surface area contributed by atoms with Crippen LogP contribution in [-0.2, 0) is 22.4 Å². The molecule has 0 aromatic heterocycles. The lowest BCUT2D eigenvalue weighted by Gasteiger charge is -2.34. The van der Waals surface area contributed by atoms with Gasteiger partial charge in [0, 0.05) is 44.3 Å². The molecule has 0 N–H and O–H groups in total. The molecule has 2 amide bonds. The van der Waals surface area contributed by atoms with E-state index in [1.54, 1.807) is 0 Å². The first-order valence-electron chi connectivity index (χ1n) is 11.5. The summed E-state index contributed by atoms with van der Waals surface area (Å²) in [4.78, 5) is 31.0. The van der Waals surface area contributed by atoms with Crippen LogP contribution in [0, 0.1) is 5.92 Å². The van der Waals surface area contributed by atoms with E-state index in [9.17, 15) is 9.59 Å². The van der Waals surface area contributed by atoms with Crippen molar-refractivity contribution in [3.05, 3.63) is 29.3 Å². The van der Waals surface area contributed by atoms with E-state index < -0.39 is 0 Å². The molecule has 1 aromatic rings. The van der Waals surface area contributed by atoms with E-state index in [0.29, 0.717) is 18.4 Å². The predicted octanol–water partition coefficient (Wildman–Crippen LogP) is 3.89. The van der Waals surface area contributed by atoms with Crippen LogP contribution < -0.4 is 4.90 Å². The van der Waals surface area contributed by atoms with Crippen LogP contribution in [0.3, 0.4) is 0 Å². The second-order valence-electron chi connectivity index (χ2n) is 9.17. The van der Waals surface area contributed by atoms with E-state index in [-0.39, 0.29) is 24.4 Å². The summed E-state index contributed by atoms with van der Waals surface area (Å²) in [5.41, 5.74) is 3.88. The number of rotatable bonds is 5. The van der Waals surface area contributed by atoms with Crippen molar-refractivity contribution < 1.29 is 14.3 Å². The zero-order valence-electron chi connectivity index (χ0n) is 18.8. The molecule has 1 aromatic carbocycles. The number of carbonyl (C=O) groups is 2. The van der Waals surface area contributed by atoms with Gasteiger partial charge in [0.2, 0.25) is 0 Å². The first-order chi connectivity index (χ1) is 14.5. The number of carbonyl (C=O) groups excluding carboxylic acids is 2. The molecule has 1 aliphatic carbocycles. The van der Waals surface area contributed by atoms with Crippen molar-refractivity contribution in [2.45, 2.75) is 57.4 Å². The normalized spacial score (nSPS) is 24.4. The highest BCUT2D eigenvalue weighted by Gasteiger charge is 2.36. The van der Waals surface area contributed by atoms with Crippen molar-refractivity contribution in [1.82, 2.24) is 9.80 Å². The number of methoxy groups -OCH3 is 1. The summed E-state index contributed by atoms with van der Waals surface area (Å²) in [7, 11) is 3.63. The second-order valence-corrected chi connectivity index (χ2v) is 9.17. The minimum absolute atomic E-state index is 0. The number of amides is 2. The summed E-state index contributed by atoms with van der Waals surface area (Å²) in [5, 5.41) is 0. The molecule has 7 heteroatoms. The van der Waals surface area contributed by atoms with Crippen molar-refractivity contribution in [3.8, 4) is 0 Å². The van der Waals surface area contributed by atoms with Crippen molar-refractivity contribution >= 4 is 30.1 Å². The summed E-state index contributed by atoms with van der Waals surface area (Å²) in [6.07, 6.45) is 7.84. The maximum absolute atomic E-state index is 13.2. The standard InChI is InChI=1S/C24H35N3O3.ClH/c1-25-13-11-19-6-9-22(17-20(19)12-14-25)27-16-15-26(24(27)29)21-7-3-18(4-8-21)5-10-23(28)30-2;/h6,9,17-18,21H,3-5,7-8,10-16H2,1-2H3;1H. The molecule has 4 rings (SSSR count). The number of urea groups is 1. The van der Waals surface area contributed by atoms with E-state index in [2.05, 4.69) is 35.0 Å². The number of fused-ring (bicyclic) bond motifs is 1. The quantitative estimate of drug-likeness (QED) is 0.640. The van der Waals surface area contributed by atoms with E-state index >= 15 is 0 Å². The first kappa shape index (κ1) is 23.9. The van der Waals surface area contributed by atoms with Gasteiger partial charge in [-0.1, -0.05) is 6.07 Å². The molecular weight excluding hydrogens is 414 g/mol. The topological polar surface area (TPSA) is 53.1 Å². The zero-order chi connectivity index (χ0) is 21.1. The molecule has 1 saturated heterocycles. The number of ether oxygens (including phenoxy) is 1. The van der Waals surface area contributed by atoms with Gasteiger partial charge >= 0.3 is 12.0 Å². The molecule has 0 unspecified atom stereocenters. The van der Waals surface area contributed by atoms with Crippen LogP contribution >= 0.6 is 12.4 Å². The van der Waals surface area contributed by atoms with E-state index in [0.717, 1.165) is 76.8 Å². The Hall–Kier alpha value is -1.79. The number of esters is 1. The maximum atomic E-state index is 13.2. The van der Waals surface area contributed by atoms with Crippen LogP contribution in [0.1, 0.15) is 49.7 Å². The van der Waals surface area contributed by atoms with E-state index in [4.69, 9.17) is 4.74 Å². The average Bonchev–Trinajstić information content (AvgIpc) is 3.05. The third kappa shape index (κ3) is 5.53. The third-order valence-electron chi connectivity index (χ3n) is 7.31. The number of hydrogen-bond acceptors (Lipinski definition) is 4. The molecule has 2 fully saturated rings. The maximum Gasteiger partial charge on any atom is 0.324 e. The van der Waals surface area contributed by atoms with Crippen LogP contribution in [0.25, 0.3) is 0 Å². The Kier molecular flexibility index (Phi) is 8.23. The van der Waals surface area contributed by atoms with Gasteiger partial charge in [-0.05, 0) is 81.2 Å². The van der Waals surface area contributed by atoms with Crippen LogP contribution in [0.5, 0.6) is 0 Å². The highest BCUT2D eigenvalue weighted by atomic mass is 35.5. The Morgan fingerprint density at radius 2 is 1.74 bits per heavy atom. The number of anilines is 1. The Morgan fingerprint density at radius 3 is 2.45 bits per heavy atom. The summed E-state index contributed by atoms with van der Waals surface area (Å²) < 4.78 is 4.76. The third-order valence-corrected chi connectivity index (χ3v) is 7.31. The smallest absolute Gasteiger partial charge is 0.324 e. The molecule has 2 heterocycles. The van der Waals surface area contributed by atoms with Crippen molar-refractivity contribution in [3.63, 3.8) is 0 Å². The van der Waals surface area contributed by atoms with E-state index in [1.165, 1.54) is 18.2 Å². The lowest BCUT2D eigenvalue weighted by molar-refractivity contribution is -0.141. The Balaban J connectivity index is 0.00000272. The Morgan fingerprint density at radius 1 is 1.03 bits per heavy atom. The number of benzene rings is 1. The Labute approximate surface area is 192 Å². The zero-order valence-corrected chi connectivity index (χ0v) is 19.7. The first-order valence-corrected chi connectivity index (χ1v) is 11.5. The molecule has 2 aliphatic heterocycles.